The lowest BCUT2D eigenvalue weighted by molar-refractivity contribution is -0.115. The number of rotatable bonds is 7. The summed E-state index contributed by atoms with van der Waals surface area (Å²) in [5.41, 5.74) is 1.05. The highest BCUT2D eigenvalue weighted by molar-refractivity contribution is 5.94. The zero-order valence-electron chi connectivity index (χ0n) is 17.5. The van der Waals surface area contributed by atoms with Gasteiger partial charge in [-0.05, 0) is 43.3 Å². The zero-order chi connectivity index (χ0) is 23.8. The van der Waals surface area contributed by atoms with Gasteiger partial charge in [-0.15, -0.1) is 0 Å². The summed E-state index contributed by atoms with van der Waals surface area (Å²) in [7, 11) is 0. The number of hydrogen-bond acceptors (Lipinski definition) is 8. The lowest BCUT2D eigenvalue weighted by atomic mass is 10.1. The zero-order valence-corrected chi connectivity index (χ0v) is 17.5. The minimum absolute atomic E-state index is 0.188. The van der Waals surface area contributed by atoms with Gasteiger partial charge in [-0.1, -0.05) is 0 Å². The fourth-order valence-electron chi connectivity index (χ4n) is 2.91. The van der Waals surface area contributed by atoms with E-state index in [9.17, 15) is 19.2 Å². The second-order valence-corrected chi connectivity index (χ2v) is 6.68. The van der Waals surface area contributed by atoms with Crippen molar-refractivity contribution < 1.29 is 28.3 Å². The predicted octanol–water partition coefficient (Wildman–Crippen LogP) is 3.57. The molecular weight excluding hydrogens is 430 g/mol. The molecule has 0 aliphatic carbocycles. The van der Waals surface area contributed by atoms with E-state index in [-0.39, 0.29) is 30.8 Å². The van der Waals surface area contributed by atoms with Crippen molar-refractivity contribution in [2.75, 3.05) is 17.2 Å². The van der Waals surface area contributed by atoms with Crippen LogP contribution in [-0.2, 0) is 20.9 Å². The van der Waals surface area contributed by atoms with Crippen molar-refractivity contribution in [3.63, 3.8) is 0 Å². The van der Waals surface area contributed by atoms with E-state index in [1.807, 2.05) is 0 Å². The molecule has 0 aliphatic heterocycles. The van der Waals surface area contributed by atoms with Gasteiger partial charge in [0.1, 0.15) is 18.6 Å². The molecule has 0 saturated carbocycles. The fourth-order valence-corrected chi connectivity index (χ4v) is 2.91. The normalized spacial score (nSPS) is 10.2. The minimum atomic E-state index is -0.640. The molecular formula is C23H19N3O7. The van der Waals surface area contributed by atoms with Crippen molar-refractivity contribution >= 4 is 40.3 Å². The summed E-state index contributed by atoms with van der Waals surface area (Å²) >= 11 is 0. The first kappa shape index (κ1) is 23.0. The third kappa shape index (κ3) is 6.18. The number of anilines is 2. The van der Waals surface area contributed by atoms with Crippen LogP contribution in [0.4, 0.5) is 16.2 Å². The largest absolute Gasteiger partial charge is 0.457 e. The number of nitriles is 1. The van der Waals surface area contributed by atoms with Crippen LogP contribution in [0.3, 0.4) is 0 Å². The van der Waals surface area contributed by atoms with Crippen LogP contribution >= 0.6 is 0 Å². The predicted molar refractivity (Wildman–Crippen MR) is 118 cm³/mol. The summed E-state index contributed by atoms with van der Waals surface area (Å²) < 4.78 is 15.3. The number of ether oxygens (including phenoxy) is 2. The van der Waals surface area contributed by atoms with E-state index in [1.165, 1.54) is 36.4 Å². The Morgan fingerprint density at radius 2 is 1.73 bits per heavy atom. The van der Waals surface area contributed by atoms with Gasteiger partial charge < -0.3 is 19.2 Å². The number of esters is 1. The highest BCUT2D eigenvalue weighted by Gasteiger charge is 2.13. The number of amides is 2. The van der Waals surface area contributed by atoms with E-state index in [0.717, 1.165) is 0 Å². The molecule has 1 heterocycles. The van der Waals surface area contributed by atoms with Gasteiger partial charge in [0.2, 0.25) is 5.91 Å². The first-order valence-corrected chi connectivity index (χ1v) is 9.84. The minimum Gasteiger partial charge on any atom is -0.457 e. The van der Waals surface area contributed by atoms with Crippen molar-refractivity contribution in [3.05, 3.63) is 70.1 Å². The molecule has 168 valence electrons. The van der Waals surface area contributed by atoms with Crippen LogP contribution in [0.15, 0.2) is 57.7 Å². The van der Waals surface area contributed by atoms with Gasteiger partial charge in [-0.3, -0.25) is 10.1 Å². The molecule has 0 fully saturated rings. The van der Waals surface area contributed by atoms with Gasteiger partial charge in [0.25, 0.3) is 0 Å². The molecule has 10 nitrogen and oxygen atoms in total. The maximum atomic E-state index is 12.4. The molecule has 0 saturated heterocycles. The molecule has 0 unspecified atom stereocenters. The fraction of sp³-hybridized carbons (Fsp3) is 0.174. The van der Waals surface area contributed by atoms with Crippen LogP contribution in [0.1, 0.15) is 29.3 Å². The lowest BCUT2D eigenvalue weighted by Crippen LogP contribution is -2.13. The van der Waals surface area contributed by atoms with Crippen molar-refractivity contribution in [2.45, 2.75) is 20.0 Å². The van der Waals surface area contributed by atoms with E-state index >= 15 is 0 Å². The quantitative estimate of drug-likeness (QED) is 0.411. The van der Waals surface area contributed by atoms with Gasteiger partial charge in [-0.25, -0.2) is 14.4 Å². The smallest absolute Gasteiger partial charge is 0.411 e. The van der Waals surface area contributed by atoms with Crippen LogP contribution in [0.25, 0.3) is 11.0 Å². The van der Waals surface area contributed by atoms with Crippen molar-refractivity contribution in [1.82, 2.24) is 0 Å². The molecule has 10 heteroatoms. The second-order valence-electron chi connectivity index (χ2n) is 6.68. The number of benzene rings is 2. The first-order valence-electron chi connectivity index (χ1n) is 9.84. The van der Waals surface area contributed by atoms with Gasteiger partial charge in [0, 0.05) is 34.5 Å². The molecule has 33 heavy (non-hydrogen) atoms. The molecule has 1 aromatic heterocycles. The van der Waals surface area contributed by atoms with Crippen LogP contribution < -0.4 is 16.3 Å². The summed E-state index contributed by atoms with van der Waals surface area (Å²) in [5.74, 6) is -1.09. The molecule has 2 aromatic carbocycles. The summed E-state index contributed by atoms with van der Waals surface area (Å²) in [4.78, 5) is 47.4. The van der Waals surface area contributed by atoms with E-state index in [4.69, 9.17) is 19.2 Å². The van der Waals surface area contributed by atoms with Crippen molar-refractivity contribution in [2.24, 2.45) is 0 Å². The number of fused-ring (bicyclic) bond motifs is 1. The van der Waals surface area contributed by atoms with Crippen molar-refractivity contribution in [3.8, 4) is 6.07 Å². The standard InChI is InChI=1S/C23H19N3O7/c1-2-31-23(30)26-17-7-8-18-15(11-21(28)33-19(18)12-17)13-32-22(29)14-3-5-16(6-4-14)25-20(27)9-10-24/h3-8,11-12H,2,9,13H2,1H3,(H,25,27)(H,26,30). The highest BCUT2D eigenvalue weighted by Crippen LogP contribution is 2.22. The Bertz CT molecular complexity index is 1290. The van der Waals surface area contributed by atoms with Crippen LogP contribution in [-0.4, -0.2) is 24.6 Å². The average Bonchev–Trinajstić information content (AvgIpc) is 2.77. The average molecular weight is 449 g/mol. The second kappa shape index (κ2) is 10.6. The molecule has 2 amide bonds. The SMILES string of the molecule is CCOC(=O)Nc1ccc2c(COC(=O)c3ccc(NC(=O)CC#N)cc3)cc(=O)oc2c1. The summed E-state index contributed by atoms with van der Waals surface area (Å²) in [6, 6.07) is 13.6. The first-order chi connectivity index (χ1) is 15.9. The Morgan fingerprint density at radius 3 is 2.42 bits per heavy atom. The summed E-state index contributed by atoms with van der Waals surface area (Å²) in [5, 5.41) is 14.1. The Kier molecular flexibility index (Phi) is 7.39. The Hall–Kier alpha value is -4.65. The number of carbonyl (C=O) groups is 3. The van der Waals surface area contributed by atoms with Gasteiger partial charge in [0.05, 0.1) is 18.2 Å². The molecule has 3 rings (SSSR count). The number of nitrogens with one attached hydrogen (secondary N) is 2. The Balaban J connectivity index is 1.70. The van der Waals surface area contributed by atoms with E-state index < -0.39 is 23.6 Å². The molecule has 0 bridgehead atoms. The summed E-state index contributed by atoms with van der Waals surface area (Å²) in [6.07, 6.45) is -0.914. The van der Waals surface area contributed by atoms with Crippen molar-refractivity contribution in [1.29, 1.82) is 5.26 Å². The molecule has 0 atom stereocenters. The van der Waals surface area contributed by atoms with Crippen LogP contribution in [0.5, 0.6) is 0 Å². The molecule has 0 spiro atoms. The van der Waals surface area contributed by atoms with Crippen LogP contribution in [0, 0.1) is 11.3 Å². The van der Waals surface area contributed by atoms with E-state index in [0.29, 0.717) is 22.3 Å². The molecule has 0 radical (unpaired) electrons. The molecule has 3 aromatic rings. The van der Waals surface area contributed by atoms with E-state index in [2.05, 4.69) is 10.6 Å². The molecule has 2 N–H and O–H groups in total. The maximum Gasteiger partial charge on any atom is 0.411 e. The topological polar surface area (TPSA) is 148 Å². The Labute approximate surface area is 187 Å². The molecule has 0 aliphatic rings. The monoisotopic (exact) mass is 449 g/mol. The van der Waals surface area contributed by atoms with Crippen LogP contribution in [0.2, 0.25) is 0 Å². The summed E-state index contributed by atoms with van der Waals surface area (Å²) in [6.45, 7) is 1.70. The third-order valence-corrected chi connectivity index (χ3v) is 4.35. The third-order valence-electron chi connectivity index (χ3n) is 4.35. The number of nitrogens with zero attached hydrogens (tertiary/aromatic N) is 1. The maximum absolute atomic E-state index is 12.4. The number of carbonyl (C=O) groups excluding carboxylic acids is 3. The Morgan fingerprint density at radius 1 is 1.00 bits per heavy atom. The number of hydrogen-bond donors (Lipinski definition) is 2. The van der Waals surface area contributed by atoms with Gasteiger partial charge >= 0.3 is 17.7 Å². The lowest BCUT2D eigenvalue weighted by Gasteiger charge is -2.10. The van der Waals surface area contributed by atoms with Gasteiger partial charge in [-0.2, -0.15) is 5.26 Å². The van der Waals surface area contributed by atoms with Gasteiger partial charge in [0.15, 0.2) is 0 Å². The highest BCUT2D eigenvalue weighted by atomic mass is 16.5. The van der Waals surface area contributed by atoms with E-state index in [1.54, 1.807) is 25.1 Å².